The third kappa shape index (κ3) is 5.91. The van der Waals surface area contributed by atoms with Gasteiger partial charge >= 0.3 is 0 Å². The van der Waals surface area contributed by atoms with Crippen LogP contribution in [0.1, 0.15) is 35.3 Å². The van der Waals surface area contributed by atoms with Gasteiger partial charge in [0.25, 0.3) is 5.91 Å². The highest BCUT2D eigenvalue weighted by Gasteiger charge is 2.23. The molecular formula is C24H25ClFN5O3. The molecule has 4 rings (SSSR count). The van der Waals surface area contributed by atoms with Gasteiger partial charge in [-0.3, -0.25) is 14.4 Å². The molecule has 34 heavy (non-hydrogen) atoms. The second-order valence-corrected chi connectivity index (χ2v) is 8.65. The molecule has 3 heterocycles. The highest BCUT2D eigenvalue weighted by Crippen LogP contribution is 2.18. The molecule has 3 N–H and O–H groups in total. The topological polar surface area (TPSA) is 107 Å². The fraction of sp³-hybridized carbons (Fsp3) is 0.333. The van der Waals surface area contributed by atoms with E-state index in [9.17, 15) is 18.8 Å². The van der Waals surface area contributed by atoms with E-state index >= 15 is 0 Å². The summed E-state index contributed by atoms with van der Waals surface area (Å²) >= 11 is 5.92. The van der Waals surface area contributed by atoms with Gasteiger partial charge in [-0.2, -0.15) is 0 Å². The van der Waals surface area contributed by atoms with Gasteiger partial charge in [-0.15, -0.1) is 0 Å². The van der Waals surface area contributed by atoms with E-state index in [0.717, 1.165) is 18.4 Å². The predicted octanol–water partition coefficient (Wildman–Crippen LogP) is 2.83. The molecule has 1 atom stereocenters. The molecule has 0 bridgehead atoms. The van der Waals surface area contributed by atoms with Crippen molar-refractivity contribution in [2.45, 2.75) is 31.7 Å². The summed E-state index contributed by atoms with van der Waals surface area (Å²) in [7, 11) is 0. The van der Waals surface area contributed by atoms with E-state index in [2.05, 4.69) is 20.6 Å². The highest BCUT2D eigenvalue weighted by molar-refractivity contribution is 6.30. The van der Waals surface area contributed by atoms with Crippen molar-refractivity contribution >= 4 is 40.2 Å². The Kier molecular flexibility index (Phi) is 7.42. The molecule has 1 aliphatic rings. The standard InChI is InChI=1S/C24H25ClFN5O3/c25-21-13-16-12-19(29-20(16)14-28-21)24(34)30-18(11-15-4-6-17(26)7-5-15)23(33)27-8-2-10-31-9-1-3-22(31)32/h4-7,12-14,18,29H,1-3,8-11H2,(H,27,33)(H,30,34)/t18-/m0/s1. The van der Waals surface area contributed by atoms with Crippen molar-refractivity contribution in [2.24, 2.45) is 0 Å². The van der Waals surface area contributed by atoms with E-state index in [0.29, 0.717) is 42.2 Å². The molecule has 0 saturated carbocycles. The van der Waals surface area contributed by atoms with Gasteiger partial charge in [0.2, 0.25) is 11.8 Å². The van der Waals surface area contributed by atoms with Gasteiger partial charge in [-0.05, 0) is 42.7 Å². The number of carbonyl (C=O) groups excluding carboxylic acids is 3. The first-order valence-electron chi connectivity index (χ1n) is 11.1. The average molecular weight is 486 g/mol. The Balaban J connectivity index is 1.41. The summed E-state index contributed by atoms with van der Waals surface area (Å²) in [5, 5.41) is 6.64. The number of carbonyl (C=O) groups is 3. The normalized spacial score (nSPS) is 14.4. The molecule has 0 spiro atoms. The van der Waals surface area contributed by atoms with Crippen LogP contribution in [-0.4, -0.2) is 58.3 Å². The number of pyridine rings is 1. The molecule has 0 unspecified atom stereocenters. The summed E-state index contributed by atoms with van der Waals surface area (Å²) in [4.78, 5) is 46.3. The number of nitrogens with zero attached hydrogens (tertiary/aromatic N) is 2. The van der Waals surface area contributed by atoms with Crippen LogP contribution in [0, 0.1) is 5.82 Å². The lowest BCUT2D eigenvalue weighted by atomic mass is 10.0. The largest absolute Gasteiger partial charge is 0.354 e. The Labute approximate surface area is 200 Å². The smallest absolute Gasteiger partial charge is 0.268 e. The molecule has 0 radical (unpaired) electrons. The summed E-state index contributed by atoms with van der Waals surface area (Å²) in [6.07, 6.45) is 3.78. The van der Waals surface area contributed by atoms with Crippen molar-refractivity contribution in [1.29, 1.82) is 0 Å². The van der Waals surface area contributed by atoms with E-state index in [1.807, 2.05) is 0 Å². The number of hydrogen-bond acceptors (Lipinski definition) is 4. The lowest BCUT2D eigenvalue weighted by Crippen LogP contribution is -2.48. The molecule has 10 heteroatoms. The van der Waals surface area contributed by atoms with Crippen molar-refractivity contribution in [2.75, 3.05) is 19.6 Å². The molecular weight excluding hydrogens is 461 g/mol. The third-order valence-electron chi connectivity index (χ3n) is 5.77. The van der Waals surface area contributed by atoms with Crippen molar-refractivity contribution in [3.8, 4) is 0 Å². The Bertz CT molecular complexity index is 1200. The lowest BCUT2D eigenvalue weighted by molar-refractivity contribution is -0.127. The number of H-pyrrole nitrogens is 1. The molecule has 3 aromatic rings. The second kappa shape index (κ2) is 10.6. The highest BCUT2D eigenvalue weighted by atomic mass is 35.5. The second-order valence-electron chi connectivity index (χ2n) is 8.26. The van der Waals surface area contributed by atoms with Crippen LogP contribution in [0.15, 0.2) is 42.6 Å². The Hall–Kier alpha value is -3.46. The fourth-order valence-corrected chi connectivity index (χ4v) is 4.14. The number of nitrogens with one attached hydrogen (secondary N) is 3. The first-order chi connectivity index (χ1) is 16.4. The molecule has 8 nitrogen and oxygen atoms in total. The van der Waals surface area contributed by atoms with Crippen LogP contribution >= 0.6 is 11.6 Å². The molecule has 2 aromatic heterocycles. The van der Waals surface area contributed by atoms with Gasteiger partial charge in [0.15, 0.2) is 0 Å². The van der Waals surface area contributed by atoms with Gasteiger partial charge in [-0.1, -0.05) is 23.7 Å². The van der Waals surface area contributed by atoms with Crippen molar-refractivity contribution in [3.05, 3.63) is 64.8 Å². The molecule has 1 aliphatic heterocycles. The molecule has 178 valence electrons. The van der Waals surface area contributed by atoms with Crippen LogP contribution in [0.4, 0.5) is 4.39 Å². The zero-order chi connectivity index (χ0) is 24.1. The maximum absolute atomic E-state index is 13.3. The third-order valence-corrected chi connectivity index (χ3v) is 5.97. The van der Waals surface area contributed by atoms with Gasteiger partial charge in [0.05, 0.1) is 11.7 Å². The summed E-state index contributed by atoms with van der Waals surface area (Å²) in [5.41, 5.74) is 1.62. The van der Waals surface area contributed by atoms with Crippen LogP contribution in [0.3, 0.4) is 0 Å². The van der Waals surface area contributed by atoms with E-state index in [1.165, 1.54) is 18.3 Å². The zero-order valence-electron chi connectivity index (χ0n) is 18.4. The lowest BCUT2D eigenvalue weighted by Gasteiger charge is -2.19. The quantitative estimate of drug-likeness (QED) is 0.320. The SMILES string of the molecule is O=C(N[C@@H](Cc1ccc(F)cc1)C(=O)NCCCN1CCCC1=O)c1cc2cc(Cl)ncc2[nH]1. The minimum Gasteiger partial charge on any atom is -0.354 e. The van der Waals surface area contributed by atoms with Crippen LogP contribution in [0.2, 0.25) is 5.15 Å². The van der Waals surface area contributed by atoms with Gasteiger partial charge in [0, 0.05) is 37.9 Å². The molecule has 1 aromatic carbocycles. The van der Waals surface area contributed by atoms with Crippen LogP contribution < -0.4 is 10.6 Å². The minimum atomic E-state index is -0.875. The number of hydrogen-bond donors (Lipinski definition) is 3. The Morgan fingerprint density at radius 2 is 2.03 bits per heavy atom. The number of aromatic nitrogens is 2. The Morgan fingerprint density at radius 3 is 2.76 bits per heavy atom. The monoisotopic (exact) mass is 485 g/mol. The first-order valence-corrected chi connectivity index (χ1v) is 11.5. The van der Waals surface area contributed by atoms with E-state index in [4.69, 9.17) is 11.6 Å². The number of benzene rings is 1. The molecule has 0 aliphatic carbocycles. The van der Waals surface area contributed by atoms with Gasteiger partial charge < -0.3 is 20.5 Å². The summed E-state index contributed by atoms with van der Waals surface area (Å²) in [6.45, 7) is 1.70. The minimum absolute atomic E-state index is 0.141. The van der Waals surface area contributed by atoms with Crippen LogP contribution in [-0.2, 0) is 16.0 Å². The zero-order valence-corrected chi connectivity index (χ0v) is 19.2. The van der Waals surface area contributed by atoms with E-state index in [1.54, 1.807) is 29.2 Å². The maximum atomic E-state index is 13.3. The Morgan fingerprint density at radius 1 is 1.24 bits per heavy atom. The number of likely N-dealkylation sites (tertiary alicyclic amines) is 1. The number of aromatic amines is 1. The summed E-state index contributed by atoms with van der Waals surface area (Å²) < 4.78 is 13.3. The predicted molar refractivity (Wildman–Crippen MR) is 126 cm³/mol. The molecule has 1 saturated heterocycles. The summed E-state index contributed by atoms with van der Waals surface area (Å²) in [6, 6.07) is 8.19. The molecule has 3 amide bonds. The van der Waals surface area contributed by atoms with Gasteiger partial charge in [0.1, 0.15) is 22.7 Å². The van der Waals surface area contributed by atoms with E-state index < -0.39 is 11.9 Å². The number of amides is 3. The number of rotatable bonds is 9. The van der Waals surface area contributed by atoms with E-state index in [-0.39, 0.29) is 29.7 Å². The van der Waals surface area contributed by atoms with Crippen LogP contribution in [0.25, 0.3) is 10.9 Å². The summed E-state index contributed by atoms with van der Waals surface area (Å²) in [5.74, 6) is -1.05. The van der Waals surface area contributed by atoms with Crippen molar-refractivity contribution in [3.63, 3.8) is 0 Å². The fourth-order valence-electron chi connectivity index (χ4n) is 3.97. The number of halogens is 2. The van der Waals surface area contributed by atoms with Gasteiger partial charge in [-0.25, -0.2) is 9.37 Å². The van der Waals surface area contributed by atoms with Crippen molar-refractivity contribution < 1.29 is 18.8 Å². The van der Waals surface area contributed by atoms with Crippen LogP contribution in [0.5, 0.6) is 0 Å². The average Bonchev–Trinajstić information content (AvgIpc) is 3.43. The maximum Gasteiger partial charge on any atom is 0.268 e. The van der Waals surface area contributed by atoms with Crippen molar-refractivity contribution in [1.82, 2.24) is 25.5 Å². The first kappa shape index (κ1) is 23.7. The number of fused-ring (bicyclic) bond motifs is 1. The molecule has 1 fully saturated rings.